The van der Waals surface area contributed by atoms with Crippen LogP contribution in [0.5, 0.6) is 5.75 Å². The first-order valence-electron chi connectivity index (χ1n) is 7.77. The number of hydrogen-bond donors (Lipinski definition) is 0. The third kappa shape index (κ3) is 3.63. The quantitative estimate of drug-likeness (QED) is 0.542. The van der Waals surface area contributed by atoms with Crippen LogP contribution in [-0.2, 0) is 4.74 Å². The van der Waals surface area contributed by atoms with E-state index in [0.29, 0.717) is 32.9 Å². The van der Waals surface area contributed by atoms with E-state index in [1.165, 1.54) is 11.1 Å². The van der Waals surface area contributed by atoms with Crippen LogP contribution in [0.2, 0.25) is 0 Å². The highest BCUT2D eigenvalue weighted by atomic mass is 127. The third-order valence-corrected chi connectivity index (χ3v) is 4.10. The number of oxazole rings is 1. The Balaban J connectivity index is 2.18. The van der Waals surface area contributed by atoms with E-state index in [4.69, 9.17) is 13.9 Å². The number of ether oxygens (including phenoxy) is 2. The average molecular weight is 455 g/mol. The molecule has 8 heteroatoms. The number of rotatable bonds is 3. The Morgan fingerprint density at radius 2 is 2.12 bits per heavy atom. The van der Waals surface area contributed by atoms with E-state index in [-0.39, 0.29) is 0 Å². The Bertz CT molecular complexity index is 910. The molecule has 3 aromatic rings. The molecule has 2 heterocycles. The van der Waals surface area contributed by atoms with Crippen LogP contribution in [0, 0.1) is 3.70 Å². The summed E-state index contributed by atoms with van der Waals surface area (Å²) < 4.78 is 18.5. The van der Waals surface area contributed by atoms with Crippen molar-refractivity contribution in [2.45, 2.75) is 33.3 Å². The minimum absolute atomic E-state index is 0.503. The second kappa shape index (κ2) is 6.66. The number of hydrogen-bond acceptors (Lipinski definition) is 6. The zero-order chi connectivity index (χ0) is 18.2. The van der Waals surface area contributed by atoms with Gasteiger partial charge in [-0.25, -0.2) is 9.78 Å². The van der Waals surface area contributed by atoms with Crippen LogP contribution in [0.15, 0.2) is 29.1 Å². The molecule has 1 aromatic carbocycles. The number of carbonyl (C=O) groups is 1. The number of nitrogens with zero attached hydrogens (tertiary/aromatic N) is 3. The molecular formula is C17H18IN3O4. The molecule has 0 saturated carbocycles. The van der Waals surface area contributed by atoms with E-state index in [0.717, 1.165) is 5.39 Å². The average Bonchev–Trinajstić information content (AvgIpc) is 3.14. The van der Waals surface area contributed by atoms with Crippen molar-refractivity contribution < 1.29 is 18.7 Å². The van der Waals surface area contributed by atoms with Crippen LogP contribution < -0.4 is 4.74 Å². The zero-order valence-electron chi connectivity index (χ0n) is 14.4. The van der Waals surface area contributed by atoms with Crippen LogP contribution in [0.3, 0.4) is 0 Å². The number of carbonyl (C=O) groups excluding carboxylic acids is 1. The predicted octanol–water partition coefficient (Wildman–Crippen LogP) is 4.48. The normalized spacial score (nSPS) is 11.7. The molecule has 0 radical (unpaired) electrons. The standard InChI is InChI=1S/C17H18IN3O4/c1-5-23-13-7-10-12(6-11(13)14-8-19-9-24-14)21(20-15(10)18)16(22)25-17(2,3)4/h6-9H,5H2,1-4H3. The topological polar surface area (TPSA) is 79.4 Å². The number of halogens is 1. The van der Waals surface area contributed by atoms with E-state index < -0.39 is 11.7 Å². The van der Waals surface area contributed by atoms with Gasteiger partial charge in [0.2, 0.25) is 0 Å². The van der Waals surface area contributed by atoms with Crippen LogP contribution in [0.25, 0.3) is 22.2 Å². The van der Waals surface area contributed by atoms with Crippen molar-refractivity contribution >= 4 is 39.6 Å². The fraction of sp³-hybridized carbons (Fsp3) is 0.353. The molecule has 0 N–H and O–H groups in total. The highest BCUT2D eigenvalue weighted by Gasteiger charge is 2.23. The van der Waals surface area contributed by atoms with Gasteiger partial charge in [-0.2, -0.15) is 9.78 Å². The fourth-order valence-electron chi connectivity index (χ4n) is 2.36. The van der Waals surface area contributed by atoms with Crippen LogP contribution in [0.1, 0.15) is 27.7 Å². The molecule has 132 valence electrons. The minimum Gasteiger partial charge on any atom is -0.493 e. The smallest absolute Gasteiger partial charge is 0.435 e. The van der Waals surface area contributed by atoms with Gasteiger partial charge in [0.25, 0.3) is 0 Å². The van der Waals surface area contributed by atoms with Gasteiger partial charge in [0.15, 0.2) is 12.2 Å². The molecule has 0 bridgehead atoms. The van der Waals surface area contributed by atoms with Gasteiger partial charge in [0, 0.05) is 5.39 Å². The first-order chi connectivity index (χ1) is 11.8. The molecule has 0 aliphatic carbocycles. The van der Waals surface area contributed by atoms with E-state index in [9.17, 15) is 4.79 Å². The lowest BCUT2D eigenvalue weighted by molar-refractivity contribution is 0.0522. The van der Waals surface area contributed by atoms with Gasteiger partial charge in [-0.05, 0) is 62.4 Å². The van der Waals surface area contributed by atoms with E-state index in [1.807, 2.05) is 33.8 Å². The van der Waals surface area contributed by atoms with E-state index in [1.54, 1.807) is 12.3 Å². The molecule has 0 atom stereocenters. The van der Waals surface area contributed by atoms with Gasteiger partial charge < -0.3 is 13.9 Å². The summed E-state index contributed by atoms with van der Waals surface area (Å²) in [5, 5.41) is 5.13. The van der Waals surface area contributed by atoms with Crippen molar-refractivity contribution in [2.24, 2.45) is 0 Å². The molecule has 7 nitrogen and oxygen atoms in total. The first kappa shape index (κ1) is 17.7. The third-order valence-electron chi connectivity index (χ3n) is 3.30. The van der Waals surface area contributed by atoms with Gasteiger partial charge in [-0.1, -0.05) is 0 Å². The van der Waals surface area contributed by atoms with Gasteiger partial charge >= 0.3 is 6.09 Å². The van der Waals surface area contributed by atoms with Crippen LogP contribution >= 0.6 is 22.6 Å². The second-order valence-electron chi connectivity index (χ2n) is 6.35. The summed E-state index contributed by atoms with van der Waals surface area (Å²) in [6, 6.07) is 3.66. The highest BCUT2D eigenvalue weighted by Crippen LogP contribution is 2.36. The molecule has 3 rings (SSSR count). The van der Waals surface area contributed by atoms with Gasteiger partial charge in [-0.3, -0.25) is 0 Å². The fourth-order valence-corrected chi connectivity index (χ4v) is 3.01. The summed E-state index contributed by atoms with van der Waals surface area (Å²) in [4.78, 5) is 16.5. The predicted molar refractivity (Wildman–Crippen MR) is 101 cm³/mol. The van der Waals surface area contributed by atoms with Crippen molar-refractivity contribution in [1.82, 2.24) is 14.8 Å². The van der Waals surface area contributed by atoms with E-state index >= 15 is 0 Å². The van der Waals surface area contributed by atoms with Crippen molar-refractivity contribution in [2.75, 3.05) is 6.61 Å². The molecular weight excluding hydrogens is 437 g/mol. The van der Waals surface area contributed by atoms with Crippen molar-refractivity contribution in [3.8, 4) is 17.1 Å². The van der Waals surface area contributed by atoms with Crippen molar-refractivity contribution in [3.05, 3.63) is 28.4 Å². The summed E-state index contributed by atoms with van der Waals surface area (Å²) >= 11 is 2.09. The SMILES string of the molecule is CCOc1cc2c(I)nn(C(=O)OC(C)(C)C)c2cc1-c1cnco1. The van der Waals surface area contributed by atoms with Crippen LogP contribution in [-0.4, -0.2) is 33.1 Å². The molecule has 0 aliphatic rings. The number of benzene rings is 1. The Kier molecular flexibility index (Phi) is 4.72. The Labute approximate surface area is 158 Å². The lowest BCUT2D eigenvalue weighted by Gasteiger charge is -2.19. The molecule has 0 aliphatic heterocycles. The lowest BCUT2D eigenvalue weighted by Crippen LogP contribution is -2.27. The molecule has 0 saturated heterocycles. The molecule has 0 amide bonds. The number of fused-ring (bicyclic) bond motifs is 1. The van der Waals surface area contributed by atoms with Crippen molar-refractivity contribution in [1.29, 1.82) is 0 Å². The summed E-state index contributed by atoms with van der Waals surface area (Å²) in [6.45, 7) is 7.85. The Morgan fingerprint density at radius 3 is 2.72 bits per heavy atom. The molecule has 2 aromatic heterocycles. The van der Waals surface area contributed by atoms with Crippen LogP contribution in [0.4, 0.5) is 4.79 Å². The Morgan fingerprint density at radius 1 is 1.36 bits per heavy atom. The Hall–Kier alpha value is -2.10. The maximum atomic E-state index is 12.5. The highest BCUT2D eigenvalue weighted by molar-refractivity contribution is 14.1. The monoisotopic (exact) mass is 455 g/mol. The van der Waals surface area contributed by atoms with Gasteiger partial charge in [0.05, 0.1) is 23.9 Å². The molecule has 0 fully saturated rings. The minimum atomic E-state index is -0.611. The van der Waals surface area contributed by atoms with Gasteiger partial charge in [0.1, 0.15) is 15.1 Å². The summed E-state index contributed by atoms with van der Waals surface area (Å²) in [5.41, 5.74) is 0.710. The molecule has 0 unspecified atom stereocenters. The zero-order valence-corrected chi connectivity index (χ0v) is 16.5. The van der Waals surface area contributed by atoms with Gasteiger partial charge in [-0.15, -0.1) is 0 Å². The number of aromatic nitrogens is 3. The summed E-state index contributed by atoms with van der Waals surface area (Å²) in [5.74, 6) is 1.20. The maximum absolute atomic E-state index is 12.5. The molecule has 25 heavy (non-hydrogen) atoms. The largest absolute Gasteiger partial charge is 0.493 e. The second-order valence-corrected chi connectivity index (χ2v) is 7.37. The maximum Gasteiger partial charge on any atom is 0.435 e. The lowest BCUT2D eigenvalue weighted by atomic mass is 10.1. The molecule has 0 spiro atoms. The summed E-state index contributed by atoms with van der Waals surface area (Å²) in [7, 11) is 0. The van der Waals surface area contributed by atoms with Crippen molar-refractivity contribution in [3.63, 3.8) is 0 Å². The van der Waals surface area contributed by atoms with E-state index in [2.05, 4.69) is 32.7 Å². The summed E-state index contributed by atoms with van der Waals surface area (Å²) in [6.07, 6.45) is 2.42. The first-order valence-corrected chi connectivity index (χ1v) is 8.85.